The molecule has 0 radical (unpaired) electrons. The van der Waals surface area contributed by atoms with Gasteiger partial charge in [0.25, 0.3) is 5.91 Å². The van der Waals surface area contributed by atoms with Crippen molar-refractivity contribution in [1.29, 1.82) is 5.26 Å². The Hall–Kier alpha value is -3.30. The molecule has 1 atom stereocenters. The maximum absolute atomic E-state index is 13.8. The van der Waals surface area contributed by atoms with Crippen LogP contribution >= 0.6 is 0 Å². The summed E-state index contributed by atoms with van der Waals surface area (Å²) >= 11 is 0. The number of ketones is 1. The molecule has 0 bridgehead atoms. The number of hydrogen-bond donors (Lipinski definition) is 0. The van der Waals surface area contributed by atoms with Gasteiger partial charge in [0.15, 0.2) is 5.78 Å². The molecule has 1 aromatic carbocycles. The minimum Gasteiger partial charge on any atom is -0.381 e. The van der Waals surface area contributed by atoms with E-state index in [1.165, 1.54) is 0 Å². The molecule has 2 aromatic rings. The Labute approximate surface area is 206 Å². The van der Waals surface area contributed by atoms with Gasteiger partial charge in [-0.1, -0.05) is 6.92 Å². The average Bonchev–Trinajstić information content (AvgIpc) is 3.15. The molecule has 6 nitrogen and oxygen atoms in total. The van der Waals surface area contributed by atoms with Gasteiger partial charge in [-0.3, -0.25) is 14.6 Å². The van der Waals surface area contributed by atoms with Crippen molar-refractivity contribution < 1.29 is 14.3 Å². The van der Waals surface area contributed by atoms with Gasteiger partial charge in [-0.25, -0.2) is 0 Å². The van der Waals surface area contributed by atoms with Crippen molar-refractivity contribution in [1.82, 2.24) is 9.88 Å². The van der Waals surface area contributed by atoms with E-state index in [2.05, 4.69) is 11.1 Å². The third kappa shape index (κ3) is 3.98. The first-order chi connectivity index (χ1) is 16.8. The molecule has 2 saturated heterocycles. The number of amides is 1. The summed E-state index contributed by atoms with van der Waals surface area (Å²) in [6.45, 7) is 10.8. The molecule has 0 unspecified atom stereocenters. The second kappa shape index (κ2) is 9.05. The van der Waals surface area contributed by atoms with E-state index in [9.17, 15) is 14.9 Å². The van der Waals surface area contributed by atoms with Crippen molar-refractivity contribution in [2.75, 3.05) is 26.3 Å². The second-order valence-electron chi connectivity index (χ2n) is 10.2. The number of likely N-dealkylation sites (tertiary alicyclic amines) is 1. The van der Waals surface area contributed by atoms with Crippen LogP contribution in [0.3, 0.4) is 0 Å². The van der Waals surface area contributed by atoms with Crippen LogP contribution in [0.25, 0.3) is 6.08 Å². The maximum Gasteiger partial charge on any atom is 0.255 e. The summed E-state index contributed by atoms with van der Waals surface area (Å²) in [4.78, 5) is 33.7. The number of pyridine rings is 1. The number of rotatable bonds is 4. The van der Waals surface area contributed by atoms with Crippen molar-refractivity contribution >= 4 is 17.8 Å². The first-order valence-corrected chi connectivity index (χ1v) is 12.4. The maximum atomic E-state index is 13.8. The summed E-state index contributed by atoms with van der Waals surface area (Å²) < 4.78 is 5.34. The predicted molar refractivity (Wildman–Crippen MR) is 133 cm³/mol. The van der Waals surface area contributed by atoms with E-state index >= 15 is 0 Å². The van der Waals surface area contributed by atoms with E-state index < -0.39 is 0 Å². The molecule has 1 aliphatic carbocycles. The van der Waals surface area contributed by atoms with Crippen LogP contribution in [0.15, 0.2) is 23.9 Å². The fourth-order valence-corrected chi connectivity index (χ4v) is 5.85. The molecule has 0 N–H and O–H groups in total. The zero-order valence-corrected chi connectivity index (χ0v) is 20.9. The van der Waals surface area contributed by atoms with Crippen LogP contribution in [-0.4, -0.2) is 47.9 Å². The van der Waals surface area contributed by atoms with E-state index in [1.54, 1.807) is 6.20 Å². The molecular formula is C29H31N3O3. The molecule has 35 heavy (non-hydrogen) atoms. The number of carbonyl (C=O) groups excluding carboxylic acids is 2. The second-order valence-corrected chi connectivity index (χ2v) is 10.2. The van der Waals surface area contributed by atoms with E-state index in [-0.39, 0.29) is 17.6 Å². The number of piperidine rings is 1. The average molecular weight is 470 g/mol. The molecular weight excluding hydrogens is 438 g/mol. The first-order valence-electron chi connectivity index (χ1n) is 12.4. The lowest BCUT2D eigenvalue weighted by Crippen LogP contribution is -2.44. The fraction of sp³-hybridized carbons (Fsp3) is 0.448. The summed E-state index contributed by atoms with van der Waals surface area (Å²) in [6, 6.07) is 5.94. The van der Waals surface area contributed by atoms with Crippen molar-refractivity contribution in [3.63, 3.8) is 0 Å². The minimum atomic E-state index is -0.128. The van der Waals surface area contributed by atoms with Gasteiger partial charge >= 0.3 is 0 Å². The third-order valence-corrected chi connectivity index (χ3v) is 8.19. The number of benzene rings is 1. The van der Waals surface area contributed by atoms with Crippen LogP contribution in [-0.2, 0) is 4.74 Å². The van der Waals surface area contributed by atoms with Crippen LogP contribution in [0.2, 0.25) is 0 Å². The molecule has 5 rings (SSSR count). The fourth-order valence-electron chi connectivity index (χ4n) is 5.85. The van der Waals surface area contributed by atoms with Crippen molar-refractivity contribution in [3.05, 3.63) is 68.5 Å². The van der Waals surface area contributed by atoms with Crippen LogP contribution in [0.4, 0.5) is 0 Å². The van der Waals surface area contributed by atoms with Gasteiger partial charge < -0.3 is 9.64 Å². The lowest BCUT2D eigenvalue weighted by Gasteiger charge is -2.39. The molecule has 180 valence electrons. The molecule has 3 aliphatic rings. The van der Waals surface area contributed by atoms with Gasteiger partial charge in [0.1, 0.15) is 0 Å². The summed E-state index contributed by atoms with van der Waals surface area (Å²) in [7, 11) is 0. The van der Waals surface area contributed by atoms with Gasteiger partial charge in [-0.05, 0) is 80.0 Å². The zero-order valence-electron chi connectivity index (χ0n) is 20.9. The van der Waals surface area contributed by atoms with Gasteiger partial charge in [0.2, 0.25) is 0 Å². The highest BCUT2D eigenvalue weighted by atomic mass is 16.5. The third-order valence-electron chi connectivity index (χ3n) is 8.19. The Balaban J connectivity index is 1.41. The highest BCUT2D eigenvalue weighted by Gasteiger charge is 2.34. The summed E-state index contributed by atoms with van der Waals surface area (Å²) in [5, 5.41) is 9.37. The lowest BCUT2D eigenvalue weighted by molar-refractivity contribution is -0.0707. The number of nitriles is 1. The standard InChI is InChI=1S/C29H31N3O3/c1-16-9-20(12-30)10-24-17(2)25(11-23(16)24)28(33)27-18(3)26(13-31-19(27)4)29(34)32-7-5-21(6-8-32)22-14-35-15-22/h9-11,13,17,21-22H,5-8,14-15H2,1-4H3/t17-/m0/s1. The Morgan fingerprint density at radius 2 is 1.83 bits per heavy atom. The number of aryl methyl sites for hydroxylation is 2. The van der Waals surface area contributed by atoms with E-state index in [0.29, 0.717) is 45.4 Å². The highest BCUT2D eigenvalue weighted by molar-refractivity contribution is 6.16. The Bertz CT molecular complexity index is 1290. The molecule has 3 heterocycles. The summed E-state index contributed by atoms with van der Waals surface area (Å²) in [6.07, 6.45) is 5.56. The van der Waals surface area contributed by atoms with Gasteiger partial charge in [0.05, 0.1) is 30.4 Å². The largest absolute Gasteiger partial charge is 0.381 e. The molecule has 1 amide bonds. The van der Waals surface area contributed by atoms with Gasteiger partial charge in [-0.2, -0.15) is 5.26 Å². The van der Waals surface area contributed by atoms with E-state index in [0.717, 1.165) is 55.8 Å². The predicted octanol–water partition coefficient (Wildman–Crippen LogP) is 4.76. The first kappa shape index (κ1) is 23.4. The normalized spacial score (nSPS) is 20.1. The Kier molecular flexibility index (Phi) is 6.06. The zero-order chi connectivity index (χ0) is 24.9. The number of hydrogen-bond acceptors (Lipinski definition) is 5. The SMILES string of the molecule is Cc1cc(C#N)cc2c1C=C(C(=O)c1c(C)ncc(C(=O)N3CCC(C4COC4)CC3)c1C)[C@H]2C. The molecule has 2 aliphatic heterocycles. The van der Waals surface area contributed by atoms with Crippen molar-refractivity contribution in [3.8, 4) is 6.07 Å². The van der Waals surface area contributed by atoms with Crippen LogP contribution in [0, 0.1) is 43.9 Å². The van der Waals surface area contributed by atoms with Crippen LogP contribution in [0.1, 0.15) is 79.9 Å². The van der Waals surface area contributed by atoms with Crippen LogP contribution in [0.5, 0.6) is 0 Å². The van der Waals surface area contributed by atoms with Crippen molar-refractivity contribution in [2.45, 2.75) is 46.5 Å². The number of allylic oxidation sites excluding steroid dienone is 1. The summed E-state index contributed by atoms with van der Waals surface area (Å²) in [5.41, 5.74) is 6.63. The monoisotopic (exact) mass is 469 g/mol. The van der Waals surface area contributed by atoms with Crippen LogP contribution < -0.4 is 0 Å². The quantitative estimate of drug-likeness (QED) is 0.603. The number of fused-ring (bicyclic) bond motifs is 1. The number of carbonyl (C=O) groups is 2. The summed E-state index contributed by atoms with van der Waals surface area (Å²) in [5.74, 6) is 1.01. The number of Topliss-reactive ketones (excluding diaryl/α,β-unsaturated/α-hetero) is 1. The topological polar surface area (TPSA) is 83.3 Å². The molecule has 0 spiro atoms. The smallest absolute Gasteiger partial charge is 0.255 e. The minimum absolute atomic E-state index is 0.0430. The van der Waals surface area contributed by atoms with Gasteiger partial charge in [-0.15, -0.1) is 0 Å². The molecule has 6 heteroatoms. The molecule has 1 aromatic heterocycles. The van der Waals surface area contributed by atoms with Crippen molar-refractivity contribution in [2.24, 2.45) is 11.8 Å². The Morgan fingerprint density at radius 3 is 2.46 bits per heavy atom. The molecule has 0 saturated carbocycles. The number of aromatic nitrogens is 1. The number of ether oxygens (including phenoxy) is 1. The Morgan fingerprint density at radius 1 is 1.11 bits per heavy atom. The highest BCUT2D eigenvalue weighted by Crippen LogP contribution is 2.40. The van der Waals surface area contributed by atoms with Gasteiger partial charge in [0, 0.05) is 48.0 Å². The van der Waals surface area contributed by atoms with E-state index in [1.807, 2.05) is 50.8 Å². The lowest BCUT2D eigenvalue weighted by atomic mass is 9.83. The number of nitrogens with zero attached hydrogens (tertiary/aromatic N) is 3. The van der Waals surface area contributed by atoms with E-state index in [4.69, 9.17) is 4.74 Å². The molecule has 2 fully saturated rings.